The summed E-state index contributed by atoms with van der Waals surface area (Å²) in [5.74, 6) is -0.0584. The van der Waals surface area contributed by atoms with Gasteiger partial charge < -0.3 is 25.8 Å². The highest BCUT2D eigenvalue weighted by atomic mass is 16.6. The lowest BCUT2D eigenvalue weighted by Crippen LogP contribution is -2.51. The molecule has 0 radical (unpaired) electrons. The van der Waals surface area contributed by atoms with Crippen molar-refractivity contribution in [1.82, 2.24) is 16.0 Å². The molecular weight excluding hydrogens is 334 g/mol. The van der Waals surface area contributed by atoms with Gasteiger partial charge >= 0.3 is 6.09 Å². The lowest BCUT2D eigenvalue weighted by molar-refractivity contribution is -0.121. The Bertz CT molecular complexity index is 601. The number of rotatable bonds is 7. The maximum absolute atomic E-state index is 12.1. The van der Waals surface area contributed by atoms with Crippen molar-refractivity contribution in [2.24, 2.45) is 0 Å². The van der Waals surface area contributed by atoms with Crippen molar-refractivity contribution in [3.8, 4) is 0 Å². The molecule has 1 aromatic carbocycles. The molecule has 7 heteroatoms. The van der Waals surface area contributed by atoms with E-state index in [1.165, 1.54) is 0 Å². The summed E-state index contributed by atoms with van der Waals surface area (Å²) in [7, 11) is 0. The lowest BCUT2D eigenvalue weighted by Gasteiger charge is -2.27. The Hall–Kier alpha value is -2.12. The molecule has 0 aliphatic carbocycles. The first-order valence-electron chi connectivity index (χ1n) is 8.97. The molecule has 4 N–H and O–H groups in total. The molecule has 0 unspecified atom stereocenters. The number of aliphatic hydroxyl groups excluding tert-OH is 1. The van der Waals surface area contributed by atoms with E-state index in [-0.39, 0.29) is 18.5 Å². The smallest absolute Gasteiger partial charge is 0.407 e. The van der Waals surface area contributed by atoms with Crippen LogP contribution in [0.5, 0.6) is 0 Å². The van der Waals surface area contributed by atoms with Crippen molar-refractivity contribution in [3.05, 3.63) is 35.9 Å². The number of hydrogen-bond acceptors (Lipinski definition) is 5. The summed E-state index contributed by atoms with van der Waals surface area (Å²) in [4.78, 5) is 23.8. The molecule has 7 nitrogen and oxygen atoms in total. The molecule has 0 spiro atoms. The fourth-order valence-corrected chi connectivity index (χ4v) is 2.80. The summed E-state index contributed by atoms with van der Waals surface area (Å²) in [6.45, 7) is 6.20. The van der Waals surface area contributed by atoms with Crippen LogP contribution in [0.3, 0.4) is 0 Å². The maximum atomic E-state index is 12.1. The molecule has 1 heterocycles. The minimum Gasteiger partial charge on any atom is -0.444 e. The highest BCUT2D eigenvalue weighted by molar-refractivity contribution is 5.83. The second kappa shape index (κ2) is 9.00. The summed E-state index contributed by atoms with van der Waals surface area (Å²) in [6.07, 6.45) is -0.291. The largest absolute Gasteiger partial charge is 0.444 e. The molecule has 1 saturated heterocycles. The Morgan fingerprint density at radius 1 is 1.35 bits per heavy atom. The van der Waals surface area contributed by atoms with Gasteiger partial charge in [0.05, 0.1) is 18.2 Å². The van der Waals surface area contributed by atoms with Gasteiger partial charge in [-0.05, 0) is 39.2 Å². The van der Waals surface area contributed by atoms with Crippen molar-refractivity contribution in [1.29, 1.82) is 0 Å². The van der Waals surface area contributed by atoms with Crippen LogP contribution in [0.25, 0.3) is 0 Å². The predicted molar refractivity (Wildman–Crippen MR) is 98.7 cm³/mol. The Morgan fingerprint density at radius 3 is 2.62 bits per heavy atom. The van der Waals surface area contributed by atoms with E-state index in [4.69, 9.17) is 4.74 Å². The molecule has 144 valence electrons. The lowest BCUT2D eigenvalue weighted by atomic mass is 10.0. The summed E-state index contributed by atoms with van der Waals surface area (Å²) < 4.78 is 5.31. The van der Waals surface area contributed by atoms with Gasteiger partial charge in [0.15, 0.2) is 0 Å². The maximum Gasteiger partial charge on any atom is 0.407 e. The van der Waals surface area contributed by atoms with E-state index in [0.717, 1.165) is 5.56 Å². The van der Waals surface area contributed by atoms with E-state index in [2.05, 4.69) is 16.0 Å². The van der Waals surface area contributed by atoms with Crippen LogP contribution in [-0.2, 0) is 16.0 Å². The van der Waals surface area contributed by atoms with Crippen LogP contribution in [0, 0.1) is 0 Å². The van der Waals surface area contributed by atoms with Gasteiger partial charge in [0.25, 0.3) is 0 Å². The molecule has 2 rings (SSSR count). The van der Waals surface area contributed by atoms with Crippen molar-refractivity contribution < 1.29 is 19.4 Å². The number of nitrogens with one attached hydrogen (secondary N) is 3. The summed E-state index contributed by atoms with van der Waals surface area (Å²) in [6, 6.07) is 8.77. The van der Waals surface area contributed by atoms with Crippen LogP contribution in [-0.4, -0.2) is 54.0 Å². The zero-order chi connectivity index (χ0) is 19.2. The van der Waals surface area contributed by atoms with Gasteiger partial charge in [-0.1, -0.05) is 30.3 Å². The standard InChI is InChI=1S/C19H29N3O4/c1-19(2,3)26-18(25)22-15(11-13-7-5-4-6-8-13)16(23)12-21-14-9-10-20-17(14)24/h4-8,14-16,21,23H,9-12H2,1-3H3,(H,20,24)(H,22,25)/t14-,15-,16+/m0/s1. The van der Waals surface area contributed by atoms with Gasteiger partial charge in [0, 0.05) is 13.1 Å². The number of carbonyl (C=O) groups excluding carboxylic acids is 2. The van der Waals surface area contributed by atoms with E-state index < -0.39 is 23.8 Å². The highest BCUT2D eigenvalue weighted by Crippen LogP contribution is 2.10. The molecule has 2 amide bonds. The zero-order valence-electron chi connectivity index (χ0n) is 15.6. The molecule has 1 fully saturated rings. The van der Waals surface area contributed by atoms with Crippen LogP contribution in [0.2, 0.25) is 0 Å². The first kappa shape index (κ1) is 20.2. The Labute approximate surface area is 154 Å². The van der Waals surface area contributed by atoms with Gasteiger partial charge in [-0.25, -0.2) is 4.79 Å². The molecule has 26 heavy (non-hydrogen) atoms. The van der Waals surface area contributed by atoms with Crippen molar-refractivity contribution in [2.45, 2.75) is 57.4 Å². The van der Waals surface area contributed by atoms with E-state index in [9.17, 15) is 14.7 Å². The van der Waals surface area contributed by atoms with E-state index in [1.54, 1.807) is 20.8 Å². The number of hydrogen-bond donors (Lipinski definition) is 4. The monoisotopic (exact) mass is 363 g/mol. The summed E-state index contributed by atoms with van der Waals surface area (Å²) in [5.41, 5.74) is 0.373. The summed E-state index contributed by atoms with van der Waals surface area (Å²) >= 11 is 0. The van der Waals surface area contributed by atoms with Crippen molar-refractivity contribution in [3.63, 3.8) is 0 Å². The number of aliphatic hydroxyl groups is 1. The molecular formula is C19H29N3O4. The van der Waals surface area contributed by atoms with E-state index >= 15 is 0 Å². The van der Waals surface area contributed by atoms with Crippen LogP contribution >= 0.6 is 0 Å². The predicted octanol–water partition coefficient (Wildman–Crippen LogP) is 0.961. The zero-order valence-corrected chi connectivity index (χ0v) is 15.6. The SMILES string of the molecule is CC(C)(C)OC(=O)N[C@@H](Cc1ccccc1)[C@H](O)CN[C@H]1CCNC1=O. The van der Waals surface area contributed by atoms with E-state index in [0.29, 0.717) is 19.4 Å². The molecule has 3 atom stereocenters. The normalized spacial score (nSPS) is 19.5. The number of amides is 2. The fraction of sp³-hybridized carbons (Fsp3) is 0.579. The van der Waals surface area contributed by atoms with E-state index in [1.807, 2.05) is 30.3 Å². The van der Waals surface area contributed by atoms with Gasteiger partial charge in [-0.15, -0.1) is 0 Å². The molecule has 1 aliphatic rings. The van der Waals surface area contributed by atoms with Gasteiger partial charge in [-0.3, -0.25) is 4.79 Å². The number of benzene rings is 1. The second-order valence-electron chi connectivity index (χ2n) is 7.55. The molecule has 1 aromatic rings. The van der Waals surface area contributed by atoms with Crippen LogP contribution < -0.4 is 16.0 Å². The van der Waals surface area contributed by atoms with Crippen LogP contribution in [0.15, 0.2) is 30.3 Å². The van der Waals surface area contributed by atoms with Crippen LogP contribution in [0.1, 0.15) is 32.8 Å². The average Bonchev–Trinajstić information content (AvgIpc) is 2.96. The molecule has 1 aliphatic heterocycles. The van der Waals surface area contributed by atoms with Crippen molar-refractivity contribution >= 4 is 12.0 Å². The minimum atomic E-state index is -0.865. The van der Waals surface area contributed by atoms with Gasteiger partial charge in [0.2, 0.25) is 5.91 Å². The minimum absolute atomic E-state index is 0.0584. The molecule has 0 bridgehead atoms. The third-order valence-electron chi connectivity index (χ3n) is 4.09. The number of ether oxygens (including phenoxy) is 1. The first-order valence-corrected chi connectivity index (χ1v) is 8.97. The summed E-state index contributed by atoms with van der Waals surface area (Å²) in [5, 5.41) is 19.2. The second-order valence-corrected chi connectivity index (χ2v) is 7.55. The topological polar surface area (TPSA) is 99.7 Å². The Kier molecular flexibility index (Phi) is 6.99. The molecule has 0 saturated carbocycles. The average molecular weight is 363 g/mol. The highest BCUT2D eigenvalue weighted by Gasteiger charge is 2.28. The van der Waals surface area contributed by atoms with Gasteiger partial charge in [0.1, 0.15) is 5.60 Å². The first-order chi connectivity index (χ1) is 12.2. The third-order valence-corrected chi connectivity index (χ3v) is 4.09. The fourth-order valence-electron chi connectivity index (χ4n) is 2.80. The van der Waals surface area contributed by atoms with Gasteiger partial charge in [-0.2, -0.15) is 0 Å². The Balaban J connectivity index is 1.98. The third kappa shape index (κ3) is 6.65. The van der Waals surface area contributed by atoms with Crippen LogP contribution in [0.4, 0.5) is 4.79 Å². The number of alkyl carbamates (subject to hydrolysis) is 1. The number of carbonyl (C=O) groups is 2. The quantitative estimate of drug-likeness (QED) is 0.578. The molecule has 0 aromatic heterocycles. The Morgan fingerprint density at radius 2 is 2.04 bits per heavy atom. The van der Waals surface area contributed by atoms with Crippen molar-refractivity contribution in [2.75, 3.05) is 13.1 Å².